The number of hydrogen-bond donors (Lipinski definition) is 1. The van der Waals surface area contributed by atoms with Crippen molar-refractivity contribution in [3.05, 3.63) is 35.9 Å². The van der Waals surface area contributed by atoms with Crippen LogP contribution in [0.3, 0.4) is 0 Å². The van der Waals surface area contributed by atoms with E-state index in [4.69, 9.17) is 4.78 Å². The predicted molar refractivity (Wildman–Crippen MR) is 102 cm³/mol. The fourth-order valence-corrected chi connectivity index (χ4v) is 4.46. The predicted octanol–water partition coefficient (Wildman–Crippen LogP) is 6.54. The third-order valence-electron chi connectivity index (χ3n) is 4.32. The van der Waals surface area contributed by atoms with E-state index in [9.17, 15) is 4.21 Å². The van der Waals surface area contributed by atoms with Crippen molar-refractivity contribution >= 4 is 9.73 Å². The maximum Gasteiger partial charge on any atom is 0.0566 e. The summed E-state index contributed by atoms with van der Waals surface area (Å²) in [5.74, 6) is 0.963. The highest BCUT2D eigenvalue weighted by Crippen LogP contribution is 2.13. The lowest BCUT2D eigenvalue weighted by Gasteiger charge is -2.07. The molecule has 1 atom stereocenters. The van der Waals surface area contributed by atoms with Crippen molar-refractivity contribution in [3.8, 4) is 0 Å². The molecule has 0 radical (unpaired) electrons. The SMILES string of the molecule is CCCCCCCCCCCCCS(=N)(=O)Cc1ccccc1. The van der Waals surface area contributed by atoms with Crippen LogP contribution in [0.2, 0.25) is 0 Å². The molecular formula is C20H35NOS. The van der Waals surface area contributed by atoms with Crippen LogP contribution in [0.25, 0.3) is 0 Å². The van der Waals surface area contributed by atoms with Crippen molar-refractivity contribution in [2.24, 2.45) is 0 Å². The summed E-state index contributed by atoms with van der Waals surface area (Å²) in [6.07, 6.45) is 14.2. The van der Waals surface area contributed by atoms with Crippen molar-refractivity contribution in [1.29, 1.82) is 4.78 Å². The quantitative estimate of drug-likeness (QED) is 0.384. The summed E-state index contributed by atoms with van der Waals surface area (Å²) in [5.41, 5.74) is 1.02. The zero-order valence-electron chi connectivity index (χ0n) is 14.9. The molecule has 0 aromatic heterocycles. The molecule has 0 saturated carbocycles. The summed E-state index contributed by atoms with van der Waals surface area (Å²) in [5, 5.41) is 0. The van der Waals surface area contributed by atoms with Crippen LogP contribution in [0.5, 0.6) is 0 Å². The topological polar surface area (TPSA) is 40.9 Å². The van der Waals surface area contributed by atoms with E-state index >= 15 is 0 Å². The Morgan fingerprint density at radius 3 is 1.78 bits per heavy atom. The van der Waals surface area contributed by atoms with E-state index in [1.165, 1.54) is 57.8 Å². The molecule has 0 aliphatic carbocycles. The number of unbranched alkanes of at least 4 members (excludes halogenated alkanes) is 10. The van der Waals surface area contributed by atoms with Gasteiger partial charge in [0.05, 0.1) is 5.75 Å². The van der Waals surface area contributed by atoms with Gasteiger partial charge in [0.15, 0.2) is 0 Å². The molecule has 1 aromatic carbocycles. The molecule has 0 aliphatic heterocycles. The second-order valence-corrected chi connectivity index (χ2v) is 9.00. The van der Waals surface area contributed by atoms with Gasteiger partial charge in [0.25, 0.3) is 0 Å². The van der Waals surface area contributed by atoms with Gasteiger partial charge < -0.3 is 0 Å². The number of hydrogen-bond acceptors (Lipinski definition) is 2. The van der Waals surface area contributed by atoms with Gasteiger partial charge in [-0.05, 0) is 12.0 Å². The molecule has 0 bridgehead atoms. The van der Waals surface area contributed by atoms with Gasteiger partial charge in [-0.25, -0.2) is 4.21 Å². The molecule has 1 N–H and O–H groups in total. The summed E-state index contributed by atoms with van der Waals surface area (Å²) in [6, 6.07) is 9.79. The van der Waals surface area contributed by atoms with Gasteiger partial charge in [0, 0.05) is 15.5 Å². The van der Waals surface area contributed by atoms with Crippen molar-refractivity contribution in [1.82, 2.24) is 0 Å². The fourth-order valence-electron chi connectivity index (χ4n) is 2.92. The van der Waals surface area contributed by atoms with Crippen molar-refractivity contribution in [2.75, 3.05) is 5.75 Å². The van der Waals surface area contributed by atoms with Gasteiger partial charge in [0.1, 0.15) is 0 Å². The lowest BCUT2D eigenvalue weighted by atomic mass is 10.1. The third-order valence-corrected chi connectivity index (χ3v) is 6.07. The van der Waals surface area contributed by atoms with Crippen molar-refractivity contribution < 1.29 is 4.21 Å². The summed E-state index contributed by atoms with van der Waals surface area (Å²) in [6.45, 7) is 2.26. The average molecular weight is 338 g/mol. The molecule has 0 spiro atoms. The third kappa shape index (κ3) is 11.4. The molecule has 0 aliphatic rings. The second kappa shape index (κ2) is 12.6. The van der Waals surface area contributed by atoms with Crippen molar-refractivity contribution in [3.63, 3.8) is 0 Å². The molecule has 0 heterocycles. The molecule has 132 valence electrons. The average Bonchev–Trinajstić information content (AvgIpc) is 2.53. The van der Waals surface area contributed by atoms with E-state index in [2.05, 4.69) is 6.92 Å². The number of nitrogens with one attached hydrogen (secondary N) is 1. The zero-order chi connectivity index (χ0) is 16.8. The van der Waals surface area contributed by atoms with Gasteiger partial charge in [-0.3, -0.25) is 4.78 Å². The van der Waals surface area contributed by atoms with Gasteiger partial charge in [-0.2, -0.15) is 0 Å². The number of benzene rings is 1. The minimum atomic E-state index is -2.44. The van der Waals surface area contributed by atoms with Crippen LogP contribution in [-0.4, -0.2) is 9.96 Å². The van der Waals surface area contributed by atoms with E-state index in [0.717, 1.165) is 18.4 Å². The molecule has 1 rings (SSSR count). The van der Waals surface area contributed by atoms with Gasteiger partial charge in [-0.15, -0.1) is 0 Å². The minimum absolute atomic E-state index is 0.408. The van der Waals surface area contributed by atoms with Gasteiger partial charge in [-0.1, -0.05) is 101 Å². The van der Waals surface area contributed by atoms with E-state index in [0.29, 0.717) is 11.5 Å². The van der Waals surface area contributed by atoms with E-state index in [-0.39, 0.29) is 0 Å². The first-order chi connectivity index (χ1) is 11.1. The number of rotatable bonds is 14. The summed E-state index contributed by atoms with van der Waals surface area (Å²) < 4.78 is 20.3. The monoisotopic (exact) mass is 337 g/mol. The lowest BCUT2D eigenvalue weighted by molar-refractivity contribution is 0.554. The van der Waals surface area contributed by atoms with Crippen LogP contribution in [0.15, 0.2) is 30.3 Å². The van der Waals surface area contributed by atoms with E-state index in [1.54, 1.807) is 0 Å². The molecule has 3 heteroatoms. The normalized spacial score (nSPS) is 13.8. The molecule has 1 unspecified atom stereocenters. The maximum absolute atomic E-state index is 12.3. The fraction of sp³-hybridized carbons (Fsp3) is 0.700. The van der Waals surface area contributed by atoms with Crippen molar-refractivity contribution in [2.45, 2.75) is 83.3 Å². The summed E-state index contributed by atoms with van der Waals surface area (Å²) in [4.78, 5) is 0. The van der Waals surface area contributed by atoms with Crippen LogP contribution in [-0.2, 0) is 15.5 Å². The van der Waals surface area contributed by atoms with Crippen LogP contribution < -0.4 is 0 Å². The maximum atomic E-state index is 12.3. The molecule has 23 heavy (non-hydrogen) atoms. The molecule has 0 amide bonds. The lowest BCUT2D eigenvalue weighted by Crippen LogP contribution is -2.07. The molecule has 0 saturated heterocycles. The van der Waals surface area contributed by atoms with E-state index < -0.39 is 9.73 Å². The molecular weight excluding hydrogens is 302 g/mol. The highest BCUT2D eigenvalue weighted by Gasteiger charge is 2.07. The van der Waals surface area contributed by atoms with Crippen LogP contribution >= 0.6 is 0 Å². The van der Waals surface area contributed by atoms with Gasteiger partial charge in [0.2, 0.25) is 0 Å². The highest BCUT2D eigenvalue weighted by atomic mass is 32.2. The smallest absolute Gasteiger partial charge is 0.0566 e. The molecule has 0 fully saturated rings. The van der Waals surface area contributed by atoms with Crippen LogP contribution in [0, 0.1) is 4.78 Å². The molecule has 1 aromatic rings. The van der Waals surface area contributed by atoms with Crippen LogP contribution in [0.4, 0.5) is 0 Å². The van der Waals surface area contributed by atoms with E-state index in [1.807, 2.05) is 30.3 Å². The Balaban J connectivity index is 1.98. The second-order valence-electron chi connectivity index (χ2n) is 6.68. The summed E-state index contributed by atoms with van der Waals surface area (Å²) >= 11 is 0. The zero-order valence-corrected chi connectivity index (χ0v) is 15.7. The Labute approximate surface area is 144 Å². The Kier molecular flexibility index (Phi) is 11.1. The standard InChI is InChI=1S/C20H35NOS/c1-2-3-4-5-6-7-8-9-10-11-15-18-23(21,22)19-20-16-13-12-14-17-20/h12-14,16-17,21H,2-11,15,18-19H2,1H3. The Hall–Kier alpha value is -0.830. The first-order valence-corrected chi connectivity index (χ1v) is 11.3. The Morgan fingerprint density at radius 1 is 0.783 bits per heavy atom. The molecule has 2 nitrogen and oxygen atoms in total. The highest BCUT2D eigenvalue weighted by molar-refractivity contribution is 7.91. The largest absolute Gasteiger partial charge is 0.253 e. The Bertz CT molecular complexity index is 482. The summed E-state index contributed by atoms with van der Waals surface area (Å²) in [7, 11) is -2.44. The first kappa shape index (κ1) is 20.2. The van der Waals surface area contributed by atoms with Crippen LogP contribution in [0.1, 0.15) is 83.1 Å². The first-order valence-electron chi connectivity index (χ1n) is 9.42. The van der Waals surface area contributed by atoms with Gasteiger partial charge >= 0.3 is 0 Å². The minimum Gasteiger partial charge on any atom is -0.253 e. The Morgan fingerprint density at radius 2 is 1.26 bits per heavy atom.